The summed E-state index contributed by atoms with van der Waals surface area (Å²) in [5.74, 6) is 1.24. The molecular weight excluding hydrogens is 372 g/mol. The van der Waals surface area contributed by atoms with Gasteiger partial charge in [0.15, 0.2) is 21.3 Å². The zero-order chi connectivity index (χ0) is 20.2. The van der Waals surface area contributed by atoms with Gasteiger partial charge in [0.05, 0.1) is 24.0 Å². The van der Waals surface area contributed by atoms with Gasteiger partial charge in [0, 0.05) is 25.9 Å². The Balaban J connectivity index is 2.23. The maximum Gasteiger partial charge on any atom is 0.293 e. The third-order valence-corrected chi connectivity index (χ3v) is 5.28. The SMILES string of the molecule is COc1ccc(CCN(C)c2ccc(S(C)(=O)=O)cc2[N+](=O)[O-])cc1OC. The highest BCUT2D eigenvalue weighted by molar-refractivity contribution is 7.90. The topological polar surface area (TPSA) is 99.0 Å². The van der Waals surface area contributed by atoms with Crippen LogP contribution in [0.5, 0.6) is 11.5 Å². The Labute approximate surface area is 158 Å². The van der Waals surface area contributed by atoms with Crippen molar-refractivity contribution < 1.29 is 22.8 Å². The molecule has 8 nitrogen and oxygen atoms in total. The number of hydrogen-bond acceptors (Lipinski definition) is 7. The summed E-state index contributed by atoms with van der Waals surface area (Å²) in [5, 5.41) is 11.4. The lowest BCUT2D eigenvalue weighted by Crippen LogP contribution is -2.21. The van der Waals surface area contributed by atoms with Crippen molar-refractivity contribution >= 4 is 21.2 Å². The lowest BCUT2D eigenvalue weighted by Gasteiger charge is -2.20. The number of hydrogen-bond donors (Lipinski definition) is 0. The van der Waals surface area contributed by atoms with Crippen LogP contribution in [0, 0.1) is 10.1 Å². The first-order valence-corrected chi connectivity index (χ1v) is 9.97. The Morgan fingerprint density at radius 2 is 1.74 bits per heavy atom. The second-order valence-corrected chi connectivity index (χ2v) is 8.06. The fourth-order valence-corrected chi connectivity index (χ4v) is 3.30. The molecule has 0 heterocycles. The van der Waals surface area contributed by atoms with E-state index in [4.69, 9.17) is 9.47 Å². The number of sulfone groups is 1. The van der Waals surface area contributed by atoms with Crippen molar-refractivity contribution in [3.8, 4) is 11.5 Å². The van der Waals surface area contributed by atoms with Crippen LogP contribution in [0.25, 0.3) is 0 Å². The number of ether oxygens (including phenoxy) is 2. The van der Waals surface area contributed by atoms with Crippen molar-refractivity contribution in [3.63, 3.8) is 0 Å². The molecule has 0 spiro atoms. The molecule has 2 aromatic carbocycles. The monoisotopic (exact) mass is 394 g/mol. The van der Waals surface area contributed by atoms with E-state index in [1.54, 1.807) is 32.2 Å². The van der Waals surface area contributed by atoms with Crippen LogP contribution < -0.4 is 14.4 Å². The number of anilines is 1. The summed E-state index contributed by atoms with van der Waals surface area (Å²) in [4.78, 5) is 12.5. The summed E-state index contributed by atoms with van der Waals surface area (Å²) in [6.07, 6.45) is 1.63. The first-order valence-electron chi connectivity index (χ1n) is 8.08. The van der Waals surface area contributed by atoms with E-state index in [-0.39, 0.29) is 10.6 Å². The molecule has 0 atom stereocenters. The van der Waals surface area contributed by atoms with Crippen LogP contribution in [0.2, 0.25) is 0 Å². The van der Waals surface area contributed by atoms with Gasteiger partial charge in [0.1, 0.15) is 5.69 Å². The van der Waals surface area contributed by atoms with E-state index >= 15 is 0 Å². The fraction of sp³-hybridized carbons (Fsp3) is 0.333. The molecule has 2 aromatic rings. The Hall–Kier alpha value is -2.81. The quantitative estimate of drug-likeness (QED) is 0.501. The molecule has 0 aliphatic heterocycles. The molecule has 2 rings (SSSR count). The van der Waals surface area contributed by atoms with Crippen LogP contribution in [0.15, 0.2) is 41.3 Å². The highest BCUT2D eigenvalue weighted by Crippen LogP contribution is 2.31. The van der Waals surface area contributed by atoms with Crippen molar-refractivity contribution in [1.82, 2.24) is 0 Å². The van der Waals surface area contributed by atoms with Gasteiger partial charge in [-0.15, -0.1) is 0 Å². The zero-order valence-corrected chi connectivity index (χ0v) is 16.4. The maximum absolute atomic E-state index is 11.7. The highest BCUT2D eigenvalue weighted by atomic mass is 32.2. The minimum Gasteiger partial charge on any atom is -0.493 e. The summed E-state index contributed by atoms with van der Waals surface area (Å²) < 4.78 is 33.8. The van der Waals surface area contributed by atoms with Crippen molar-refractivity contribution in [2.24, 2.45) is 0 Å². The summed E-state index contributed by atoms with van der Waals surface area (Å²) >= 11 is 0. The molecule has 0 saturated heterocycles. The number of methoxy groups -OCH3 is 2. The Morgan fingerprint density at radius 1 is 1.07 bits per heavy atom. The molecule has 9 heteroatoms. The van der Waals surface area contributed by atoms with Crippen LogP contribution in [0.4, 0.5) is 11.4 Å². The normalized spacial score (nSPS) is 11.1. The molecule has 0 aliphatic rings. The minimum absolute atomic E-state index is 0.0776. The third-order valence-electron chi connectivity index (χ3n) is 4.17. The molecule has 0 N–H and O–H groups in total. The average Bonchev–Trinajstić information content (AvgIpc) is 2.64. The van der Waals surface area contributed by atoms with Crippen molar-refractivity contribution in [2.75, 3.05) is 39.0 Å². The van der Waals surface area contributed by atoms with Gasteiger partial charge in [-0.25, -0.2) is 8.42 Å². The first kappa shape index (κ1) is 20.5. The Bertz CT molecular complexity index is 943. The molecule has 0 amide bonds. The molecule has 146 valence electrons. The molecule has 0 aromatic heterocycles. The van der Waals surface area contributed by atoms with Crippen LogP contribution >= 0.6 is 0 Å². The van der Waals surface area contributed by atoms with Gasteiger partial charge in [0.2, 0.25) is 0 Å². The molecule has 0 aliphatic carbocycles. The van der Waals surface area contributed by atoms with E-state index in [0.29, 0.717) is 30.2 Å². The lowest BCUT2D eigenvalue weighted by molar-refractivity contribution is -0.384. The van der Waals surface area contributed by atoms with E-state index in [1.807, 2.05) is 12.1 Å². The zero-order valence-electron chi connectivity index (χ0n) is 15.6. The van der Waals surface area contributed by atoms with Crippen molar-refractivity contribution in [1.29, 1.82) is 0 Å². The molecule has 27 heavy (non-hydrogen) atoms. The maximum atomic E-state index is 11.7. The van der Waals surface area contributed by atoms with E-state index < -0.39 is 14.8 Å². The standard InChI is InChI=1S/C18H22N2O6S/c1-19(10-9-13-5-8-17(25-2)18(11-13)26-3)15-7-6-14(27(4,23)24)12-16(15)20(21)22/h5-8,11-12H,9-10H2,1-4H3. The van der Waals surface area contributed by atoms with Gasteiger partial charge in [-0.2, -0.15) is 0 Å². The van der Waals surface area contributed by atoms with E-state index in [2.05, 4.69) is 0 Å². The molecule has 0 unspecified atom stereocenters. The predicted octanol–water partition coefficient (Wildman–Crippen LogP) is 2.69. The fourth-order valence-electron chi connectivity index (χ4n) is 2.66. The summed E-state index contributed by atoms with van der Waals surface area (Å²) in [6.45, 7) is 0.495. The van der Waals surface area contributed by atoms with Gasteiger partial charge in [-0.3, -0.25) is 10.1 Å². The number of nitrogens with zero attached hydrogens (tertiary/aromatic N) is 2. The van der Waals surface area contributed by atoms with Gasteiger partial charge in [0.25, 0.3) is 5.69 Å². The number of likely N-dealkylation sites (N-methyl/N-ethyl adjacent to an activating group) is 1. The lowest BCUT2D eigenvalue weighted by atomic mass is 10.1. The summed E-state index contributed by atoms with van der Waals surface area (Å²) in [5.41, 5.74) is 1.09. The molecule has 0 saturated carbocycles. The van der Waals surface area contributed by atoms with Gasteiger partial charge in [-0.05, 0) is 36.2 Å². The largest absolute Gasteiger partial charge is 0.493 e. The number of benzene rings is 2. The third kappa shape index (κ3) is 4.88. The minimum atomic E-state index is -3.52. The molecule has 0 fully saturated rings. The number of nitro benzene ring substituents is 1. The summed E-state index contributed by atoms with van der Waals surface area (Å²) in [6, 6.07) is 9.49. The Morgan fingerprint density at radius 3 is 2.30 bits per heavy atom. The predicted molar refractivity (Wildman–Crippen MR) is 103 cm³/mol. The number of rotatable bonds is 8. The van der Waals surface area contributed by atoms with E-state index in [0.717, 1.165) is 17.9 Å². The van der Waals surface area contributed by atoms with Crippen LogP contribution in [0.1, 0.15) is 5.56 Å². The van der Waals surface area contributed by atoms with E-state index in [1.165, 1.54) is 12.1 Å². The molecule has 0 radical (unpaired) electrons. The average molecular weight is 394 g/mol. The van der Waals surface area contributed by atoms with E-state index in [9.17, 15) is 18.5 Å². The van der Waals surface area contributed by atoms with Crippen molar-refractivity contribution in [2.45, 2.75) is 11.3 Å². The van der Waals surface area contributed by atoms with Crippen LogP contribution in [-0.2, 0) is 16.3 Å². The van der Waals surface area contributed by atoms with Gasteiger partial charge < -0.3 is 14.4 Å². The Kier molecular flexibility index (Phi) is 6.27. The van der Waals surface area contributed by atoms with Crippen LogP contribution in [-0.4, -0.2) is 47.4 Å². The first-order chi connectivity index (χ1) is 12.7. The number of nitro groups is 1. The van der Waals surface area contributed by atoms with Gasteiger partial charge >= 0.3 is 0 Å². The van der Waals surface area contributed by atoms with Crippen molar-refractivity contribution in [3.05, 3.63) is 52.1 Å². The highest BCUT2D eigenvalue weighted by Gasteiger charge is 2.21. The summed E-state index contributed by atoms with van der Waals surface area (Å²) in [7, 11) is 1.32. The molecular formula is C18H22N2O6S. The smallest absolute Gasteiger partial charge is 0.293 e. The second-order valence-electron chi connectivity index (χ2n) is 6.04. The van der Waals surface area contributed by atoms with Crippen LogP contribution in [0.3, 0.4) is 0 Å². The second kappa shape index (κ2) is 8.26. The molecule has 0 bridgehead atoms. The van der Waals surface area contributed by atoms with Gasteiger partial charge in [-0.1, -0.05) is 6.07 Å².